The van der Waals surface area contributed by atoms with Gasteiger partial charge in [0.15, 0.2) is 5.69 Å². The average molecular weight is 393 g/mol. The molecule has 2 heterocycles. The Morgan fingerprint density at radius 1 is 1.65 bits per heavy atom. The van der Waals surface area contributed by atoms with Crippen LogP contribution in [0.1, 0.15) is 23.3 Å². The number of nitrogens with one attached hydrogen (secondary N) is 1. The second-order valence-electron chi connectivity index (χ2n) is 4.98. The number of halogens is 1. The quantitative estimate of drug-likeness (QED) is 0.764. The SMILES string of the molecule is COCC(NC(=O)c1nn(C)cc1I)C1CCOCC1. The van der Waals surface area contributed by atoms with Crippen LogP contribution in [0.15, 0.2) is 6.20 Å². The monoisotopic (exact) mass is 393 g/mol. The summed E-state index contributed by atoms with van der Waals surface area (Å²) in [5.41, 5.74) is 0.473. The van der Waals surface area contributed by atoms with Gasteiger partial charge in [-0.25, -0.2) is 0 Å². The highest BCUT2D eigenvalue weighted by atomic mass is 127. The molecule has 0 aliphatic carbocycles. The Morgan fingerprint density at radius 2 is 2.35 bits per heavy atom. The lowest BCUT2D eigenvalue weighted by molar-refractivity contribution is 0.0360. The van der Waals surface area contributed by atoms with Crippen LogP contribution in [-0.2, 0) is 16.5 Å². The van der Waals surface area contributed by atoms with E-state index in [9.17, 15) is 4.79 Å². The number of aromatic nitrogens is 2. The van der Waals surface area contributed by atoms with Gasteiger partial charge in [-0.05, 0) is 41.4 Å². The van der Waals surface area contributed by atoms with E-state index in [-0.39, 0.29) is 11.9 Å². The summed E-state index contributed by atoms with van der Waals surface area (Å²) in [7, 11) is 3.47. The summed E-state index contributed by atoms with van der Waals surface area (Å²) in [6, 6.07) is 0.00852. The zero-order chi connectivity index (χ0) is 14.5. The fourth-order valence-corrected chi connectivity index (χ4v) is 3.20. The molecule has 1 aliphatic rings. The number of aryl methyl sites for hydroxylation is 1. The summed E-state index contributed by atoms with van der Waals surface area (Å²) in [5.74, 6) is 0.262. The van der Waals surface area contributed by atoms with Crippen LogP contribution in [0.5, 0.6) is 0 Å². The fraction of sp³-hybridized carbons (Fsp3) is 0.692. The van der Waals surface area contributed by atoms with Crippen LogP contribution < -0.4 is 5.32 Å². The van der Waals surface area contributed by atoms with E-state index in [4.69, 9.17) is 9.47 Å². The van der Waals surface area contributed by atoms with Crippen molar-refractivity contribution < 1.29 is 14.3 Å². The highest BCUT2D eigenvalue weighted by Crippen LogP contribution is 2.20. The highest BCUT2D eigenvalue weighted by Gasteiger charge is 2.27. The van der Waals surface area contributed by atoms with Crippen LogP contribution >= 0.6 is 22.6 Å². The van der Waals surface area contributed by atoms with Gasteiger partial charge in [-0.1, -0.05) is 0 Å². The van der Waals surface area contributed by atoms with Crippen molar-refractivity contribution >= 4 is 28.5 Å². The van der Waals surface area contributed by atoms with E-state index < -0.39 is 0 Å². The summed E-state index contributed by atoms with van der Waals surface area (Å²) in [6.07, 6.45) is 3.73. The third-order valence-electron chi connectivity index (χ3n) is 3.50. The van der Waals surface area contributed by atoms with Crippen molar-refractivity contribution in [2.75, 3.05) is 26.9 Å². The smallest absolute Gasteiger partial charge is 0.273 e. The predicted molar refractivity (Wildman–Crippen MR) is 82.6 cm³/mol. The maximum Gasteiger partial charge on any atom is 0.273 e. The van der Waals surface area contributed by atoms with Crippen molar-refractivity contribution in [2.45, 2.75) is 18.9 Å². The van der Waals surface area contributed by atoms with Gasteiger partial charge >= 0.3 is 0 Å². The van der Waals surface area contributed by atoms with Crippen molar-refractivity contribution in [2.24, 2.45) is 13.0 Å². The molecule has 1 fully saturated rings. The molecular formula is C13H20IN3O3. The zero-order valence-corrected chi connectivity index (χ0v) is 13.9. The van der Waals surface area contributed by atoms with Gasteiger partial charge in [0.2, 0.25) is 0 Å². The number of amides is 1. The first-order valence-corrected chi connectivity index (χ1v) is 7.76. The standard InChI is InChI=1S/C13H20IN3O3/c1-17-7-10(14)12(16-17)13(18)15-11(8-19-2)9-3-5-20-6-4-9/h7,9,11H,3-6,8H2,1-2H3,(H,15,18). The van der Waals surface area contributed by atoms with Gasteiger partial charge in [0.05, 0.1) is 16.2 Å². The summed E-state index contributed by atoms with van der Waals surface area (Å²) < 4.78 is 13.1. The van der Waals surface area contributed by atoms with Gasteiger partial charge in [-0.3, -0.25) is 9.48 Å². The molecule has 0 saturated carbocycles. The fourth-order valence-electron chi connectivity index (χ4n) is 2.44. The molecule has 1 N–H and O–H groups in total. The molecule has 7 heteroatoms. The Hall–Kier alpha value is -0.670. The molecule has 1 amide bonds. The van der Waals surface area contributed by atoms with Gasteiger partial charge in [0.25, 0.3) is 5.91 Å². The Labute approximate surface area is 132 Å². The zero-order valence-electron chi connectivity index (χ0n) is 11.8. The van der Waals surface area contributed by atoms with Crippen molar-refractivity contribution in [1.29, 1.82) is 0 Å². The number of carbonyl (C=O) groups excluding carboxylic acids is 1. The Morgan fingerprint density at radius 3 is 2.90 bits per heavy atom. The summed E-state index contributed by atoms with van der Waals surface area (Å²) >= 11 is 2.12. The molecule has 112 valence electrons. The maximum atomic E-state index is 12.3. The van der Waals surface area contributed by atoms with Crippen molar-refractivity contribution in [3.05, 3.63) is 15.5 Å². The molecule has 1 aliphatic heterocycles. The predicted octanol–water partition coefficient (Wildman–Crippen LogP) is 1.20. The van der Waals surface area contributed by atoms with Gasteiger partial charge in [-0.2, -0.15) is 5.10 Å². The number of rotatable bonds is 5. The average Bonchev–Trinajstić information content (AvgIpc) is 2.78. The molecule has 20 heavy (non-hydrogen) atoms. The minimum Gasteiger partial charge on any atom is -0.383 e. The number of hydrogen-bond donors (Lipinski definition) is 1. The highest BCUT2D eigenvalue weighted by molar-refractivity contribution is 14.1. The molecule has 1 atom stereocenters. The minimum atomic E-state index is -0.136. The molecule has 0 radical (unpaired) electrons. The molecule has 6 nitrogen and oxygen atoms in total. The second-order valence-corrected chi connectivity index (χ2v) is 6.15. The summed E-state index contributed by atoms with van der Waals surface area (Å²) in [4.78, 5) is 12.3. The first-order chi connectivity index (χ1) is 9.61. The lowest BCUT2D eigenvalue weighted by atomic mass is 9.92. The largest absolute Gasteiger partial charge is 0.383 e. The van der Waals surface area contributed by atoms with Crippen LogP contribution in [-0.4, -0.2) is 48.7 Å². The third kappa shape index (κ3) is 3.92. The number of carbonyl (C=O) groups is 1. The Kier molecular flexibility index (Phi) is 5.79. The van der Waals surface area contributed by atoms with Gasteiger partial charge < -0.3 is 14.8 Å². The molecule has 0 spiro atoms. The molecule has 1 aromatic rings. The lowest BCUT2D eigenvalue weighted by Crippen LogP contribution is -2.45. The lowest BCUT2D eigenvalue weighted by Gasteiger charge is -2.30. The first-order valence-electron chi connectivity index (χ1n) is 6.68. The number of nitrogens with zero attached hydrogens (tertiary/aromatic N) is 2. The van der Waals surface area contributed by atoms with Crippen molar-refractivity contribution in [1.82, 2.24) is 15.1 Å². The molecule has 1 unspecified atom stereocenters. The molecule has 0 bridgehead atoms. The second kappa shape index (κ2) is 7.37. The molecule has 0 aromatic carbocycles. The molecule has 1 saturated heterocycles. The van der Waals surface area contributed by atoms with Crippen LogP contribution in [0.25, 0.3) is 0 Å². The van der Waals surface area contributed by atoms with E-state index in [1.165, 1.54) is 0 Å². The summed E-state index contributed by atoms with van der Waals surface area (Å²) in [5, 5.41) is 7.26. The maximum absolute atomic E-state index is 12.3. The van der Waals surface area contributed by atoms with E-state index in [1.807, 2.05) is 13.2 Å². The van der Waals surface area contributed by atoms with Crippen LogP contribution in [0.4, 0.5) is 0 Å². The third-order valence-corrected chi connectivity index (χ3v) is 4.29. The Bertz CT molecular complexity index is 458. The summed E-state index contributed by atoms with van der Waals surface area (Å²) in [6.45, 7) is 2.02. The van der Waals surface area contributed by atoms with Crippen LogP contribution in [0, 0.1) is 9.49 Å². The van der Waals surface area contributed by atoms with Crippen molar-refractivity contribution in [3.8, 4) is 0 Å². The topological polar surface area (TPSA) is 65.4 Å². The normalized spacial score (nSPS) is 17.9. The number of methoxy groups -OCH3 is 1. The minimum absolute atomic E-state index is 0.00852. The molecule has 1 aromatic heterocycles. The van der Waals surface area contributed by atoms with E-state index in [2.05, 4.69) is 33.0 Å². The van der Waals surface area contributed by atoms with Crippen molar-refractivity contribution in [3.63, 3.8) is 0 Å². The van der Waals surface area contributed by atoms with E-state index in [1.54, 1.807) is 11.8 Å². The van der Waals surface area contributed by atoms with Gasteiger partial charge in [-0.15, -0.1) is 0 Å². The van der Waals surface area contributed by atoms with E-state index in [0.717, 1.165) is 29.6 Å². The van der Waals surface area contributed by atoms with Crippen LogP contribution in [0.2, 0.25) is 0 Å². The van der Waals surface area contributed by atoms with E-state index in [0.29, 0.717) is 18.2 Å². The number of hydrogen-bond acceptors (Lipinski definition) is 4. The van der Waals surface area contributed by atoms with E-state index >= 15 is 0 Å². The first kappa shape index (κ1) is 15.7. The molecular weight excluding hydrogens is 373 g/mol. The Balaban J connectivity index is 2.03. The van der Waals surface area contributed by atoms with Crippen LogP contribution in [0.3, 0.4) is 0 Å². The number of ether oxygens (including phenoxy) is 2. The van der Waals surface area contributed by atoms with Gasteiger partial charge in [0.1, 0.15) is 0 Å². The molecule has 2 rings (SSSR count). The van der Waals surface area contributed by atoms with Gasteiger partial charge in [0, 0.05) is 33.6 Å².